The van der Waals surface area contributed by atoms with Gasteiger partial charge >= 0.3 is 5.97 Å². The number of ether oxygens (including phenoxy) is 1. The molecule has 0 fully saturated rings. The van der Waals surface area contributed by atoms with E-state index in [2.05, 4.69) is 18.2 Å². The summed E-state index contributed by atoms with van der Waals surface area (Å²) in [6.07, 6.45) is 0. The van der Waals surface area contributed by atoms with Gasteiger partial charge in [0.05, 0.1) is 16.8 Å². The number of esters is 1. The summed E-state index contributed by atoms with van der Waals surface area (Å²) in [7, 11) is 0. The maximum absolute atomic E-state index is 13.1. The van der Waals surface area contributed by atoms with E-state index < -0.39 is 5.97 Å². The summed E-state index contributed by atoms with van der Waals surface area (Å²) in [5.41, 5.74) is 3.57. The molecule has 4 aromatic carbocycles. The van der Waals surface area contributed by atoms with Crippen molar-refractivity contribution in [2.24, 2.45) is 0 Å². The molecular weight excluding hydrogens is 441 g/mol. The Morgan fingerprint density at radius 2 is 1.56 bits per heavy atom. The average Bonchev–Trinajstić information content (AvgIpc) is 2.82. The molecule has 0 atom stereocenters. The largest absolute Gasteiger partial charge is 0.457 e. The number of nitrogens with zero attached hydrogens (tertiary/aromatic N) is 1. The first-order chi connectivity index (χ1) is 15.6. The molecule has 0 amide bonds. The molecule has 0 unspecified atom stereocenters. The molecule has 0 spiro atoms. The highest BCUT2D eigenvalue weighted by Gasteiger charge is 2.17. The number of aromatic nitrogens is 1. The summed E-state index contributed by atoms with van der Waals surface area (Å²) in [6.45, 7) is 0.0507. The fraction of sp³-hybridized carbons (Fsp3) is 0.0370. The van der Waals surface area contributed by atoms with Gasteiger partial charge in [-0.3, -0.25) is 0 Å². The van der Waals surface area contributed by atoms with Crippen LogP contribution in [0.2, 0.25) is 10.0 Å². The molecule has 1 aromatic heterocycles. The van der Waals surface area contributed by atoms with Gasteiger partial charge in [-0.25, -0.2) is 9.78 Å². The maximum Gasteiger partial charge on any atom is 0.339 e. The smallest absolute Gasteiger partial charge is 0.339 e. The van der Waals surface area contributed by atoms with Crippen LogP contribution in [0.4, 0.5) is 0 Å². The first-order valence-electron chi connectivity index (χ1n) is 10.1. The molecule has 0 aliphatic heterocycles. The van der Waals surface area contributed by atoms with Gasteiger partial charge in [-0.2, -0.15) is 0 Å². The number of para-hydroxylation sites is 1. The molecule has 5 heteroatoms. The number of halogens is 2. The number of rotatable bonds is 4. The lowest BCUT2D eigenvalue weighted by Crippen LogP contribution is -2.07. The van der Waals surface area contributed by atoms with Crippen LogP contribution in [0.5, 0.6) is 0 Å². The van der Waals surface area contributed by atoms with E-state index in [1.165, 1.54) is 0 Å². The van der Waals surface area contributed by atoms with Crippen LogP contribution in [-0.4, -0.2) is 11.0 Å². The van der Waals surface area contributed by atoms with E-state index >= 15 is 0 Å². The topological polar surface area (TPSA) is 39.2 Å². The van der Waals surface area contributed by atoms with Crippen molar-refractivity contribution in [2.75, 3.05) is 0 Å². The number of carbonyl (C=O) groups excluding carboxylic acids is 1. The van der Waals surface area contributed by atoms with Gasteiger partial charge in [-0.15, -0.1) is 0 Å². The van der Waals surface area contributed by atoms with Crippen LogP contribution < -0.4 is 0 Å². The number of hydrogen-bond acceptors (Lipinski definition) is 3. The molecule has 156 valence electrons. The summed E-state index contributed by atoms with van der Waals surface area (Å²) < 4.78 is 5.63. The van der Waals surface area contributed by atoms with Crippen LogP contribution in [-0.2, 0) is 11.3 Å². The summed E-state index contributed by atoms with van der Waals surface area (Å²) in [4.78, 5) is 18.0. The van der Waals surface area contributed by atoms with Gasteiger partial charge in [0, 0.05) is 26.6 Å². The third-order valence-electron chi connectivity index (χ3n) is 5.38. The number of carbonyl (C=O) groups is 1. The Hall–Kier alpha value is -3.40. The van der Waals surface area contributed by atoms with E-state index in [0.29, 0.717) is 21.2 Å². The second-order valence-corrected chi connectivity index (χ2v) is 8.25. The minimum Gasteiger partial charge on any atom is -0.457 e. The highest BCUT2D eigenvalue weighted by molar-refractivity contribution is 6.35. The predicted octanol–water partition coefficient (Wildman–Crippen LogP) is 7.72. The Morgan fingerprint density at radius 1 is 0.812 bits per heavy atom. The van der Waals surface area contributed by atoms with Crippen molar-refractivity contribution in [3.05, 3.63) is 112 Å². The molecule has 1 heterocycles. The minimum absolute atomic E-state index is 0.0507. The molecule has 5 rings (SSSR count). The van der Waals surface area contributed by atoms with Gasteiger partial charge < -0.3 is 4.74 Å². The highest BCUT2D eigenvalue weighted by Crippen LogP contribution is 2.31. The molecule has 5 aromatic rings. The van der Waals surface area contributed by atoms with E-state index in [0.717, 1.165) is 32.9 Å². The van der Waals surface area contributed by atoms with E-state index in [1.54, 1.807) is 24.3 Å². The number of benzene rings is 4. The van der Waals surface area contributed by atoms with Crippen LogP contribution in [0, 0.1) is 0 Å². The molecule has 0 saturated heterocycles. The van der Waals surface area contributed by atoms with Crippen molar-refractivity contribution in [3.8, 4) is 11.3 Å². The maximum atomic E-state index is 13.1. The molecule has 0 aliphatic rings. The fourth-order valence-electron chi connectivity index (χ4n) is 3.79. The van der Waals surface area contributed by atoms with E-state index in [-0.39, 0.29) is 6.61 Å². The molecule has 32 heavy (non-hydrogen) atoms. The van der Waals surface area contributed by atoms with Gasteiger partial charge in [-0.1, -0.05) is 89.9 Å². The average molecular weight is 458 g/mol. The molecule has 0 saturated carbocycles. The zero-order chi connectivity index (χ0) is 22.1. The molecule has 0 aliphatic carbocycles. The Balaban J connectivity index is 1.57. The molecular formula is C27H17Cl2NO2. The third kappa shape index (κ3) is 3.93. The normalized spacial score (nSPS) is 11.1. The zero-order valence-electron chi connectivity index (χ0n) is 16.9. The van der Waals surface area contributed by atoms with Crippen molar-refractivity contribution in [2.45, 2.75) is 6.61 Å². The van der Waals surface area contributed by atoms with Crippen LogP contribution in [0.25, 0.3) is 32.9 Å². The molecule has 0 N–H and O–H groups in total. The second-order valence-electron chi connectivity index (χ2n) is 7.41. The van der Waals surface area contributed by atoms with Crippen molar-refractivity contribution in [1.29, 1.82) is 0 Å². The Kier molecular flexibility index (Phi) is 5.52. The van der Waals surface area contributed by atoms with Crippen LogP contribution in [0.15, 0.2) is 91.0 Å². The van der Waals surface area contributed by atoms with E-state index in [9.17, 15) is 4.79 Å². The monoisotopic (exact) mass is 457 g/mol. The lowest BCUT2D eigenvalue weighted by atomic mass is 9.99. The van der Waals surface area contributed by atoms with Crippen molar-refractivity contribution in [3.63, 3.8) is 0 Å². The summed E-state index contributed by atoms with van der Waals surface area (Å²) in [6, 6.07) is 28.7. The van der Waals surface area contributed by atoms with Crippen LogP contribution in [0.3, 0.4) is 0 Å². The highest BCUT2D eigenvalue weighted by atomic mass is 35.5. The fourth-order valence-corrected chi connectivity index (χ4v) is 4.25. The van der Waals surface area contributed by atoms with Crippen LogP contribution >= 0.6 is 23.2 Å². The second kappa shape index (κ2) is 8.62. The summed E-state index contributed by atoms with van der Waals surface area (Å²) in [5, 5.41) is 3.92. The number of fused-ring (bicyclic) bond motifs is 2. The van der Waals surface area contributed by atoms with E-state index in [4.69, 9.17) is 32.9 Å². The van der Waals surface area contributed by atoms with Crippen molar-refractivity contribution < 1.29 is 9.53 Å². The zero-order valence-corrected chi connectivity index (χ0v) is 18.4. The van der Waals surface area contributed by atoms with Gasteiger partial charge in [0.2, 0.25) is 0 Å². The van der Waals surface area contributed by atoms with Crippen molar-refractivity contribution in [1.82, 2.24) is 4.98 Å². The van der Waals surface area contributed by atoms with Gasteiger partial charge in [0.15, 0.2) is 0 Å². The molecule has 0 bridgehead atoms. The van der Waals surface area contributed by atoms with Gasteiger partial charge in [-0.05, 0) is 35.0 Å². The number of pyridine rings is 1. The first-order valence-corrected chi connectivity index (χ1v) is 10.8. The van der Waals surface area contributed by atoms with Gasteiger partial charge in [0.25, 0.3) is 0 Å². The van der Waals surface area contributed by atoms with Crippen LogP contribution in [0.1, 0.15) is 15.9 Å². The van der Waals surface area contributed by atoms with Crippen molar-refractivity contribution >= 4 is 50.8 Å². The predicted molar refractivity (Wildman–Crippen MR) is 130 cm³/mol. The summed E-state index contributed by atoms with van der Waals surface area (Å²) >= 11 is 12.2. The first kappa shape index (κ1) is 20.5. The lowest BCUT2D eigenvalue weighted by molar-refractivity contribution is 0.0475. The van der Waals surface area contributed by atoms with E-state index in [1.807, 2.05) is 48.5 Å². The Bertz CT molecular complexity index is 1470. The quantitative estimate of drug-likeness (QED) is 0.259. The Labute approximate surface area is 195 Å². The lowest BCUT2D eigenvalue weighted by Gasteiger charge is -2.12. The van der Waals surface area contributed by atoms with Gasteiger partial charge in [0.1, 0.15) is 6.61 Å². The SMILES string of the molecule is O=C(OCc1ccc(Cl)cc1Cl)c1cc(-c2cccc3ccccc23)nc2ccccc12. The summed E-state index contributed by atoms with van der Waals surface area (Å²) in [5.74, 6) is -0.434. The Morgan fingerprint density at radius 3 is 2.41 bits per heavy atom. The minimum atomic E-state index is -0.434. The number of hydrogen-bond donors (Lipinski definition) is 0. The molecule has 0 radical (unpaired) electrons. The third-order valence-corrected chi connectivity index (χ3v) is 5.96. The molecule has 3 nitrogen and oxygen atoms in total. The standard InChI is InChI=1S/C27H17Cl2NO2/c28-19-13-12-18(24(29)14-19)16-32-27(31)23-15-26(30-25-11-4-3-9-22(23)25)21-10-5-7-17-6-1-2-8-20(17)21/h1-15H,16H2.